The number of aldehydes is 1. The Morgan fingerprint density at radius 2 is 2.20 bits per heavy atom. The molecule has 1 aromatic heterocycles. The van der Waals surface area contributed by atoms with Crippen molar-refractivity contribution in [2.45, 2.75) is 0 Å². The van der Waals surface area contributed by atoms with Crippen molar-refractivity contribution in [3.8, 4) is 16.9 Å². The Bertz CT molecular complexity index is 460. The lowest BCUT2D eigenvalue weighted by atomic mass is 10.0. The number of ether oxygens (including phenoxy) is 1. The zero-order chi connectivity index (χ0) is 10.7. The SMILES string of the molecule is COc1cccc(-c2ccsc2)c1C=O. The quantitative estimate of drug-likeness (QED) is 0.739. The summed E-state index contributed by atoms with van der Waals surface area (Å²) in [6.45, 7) is 0. The molecule has 1 aromatic carbocycles. The first-order valence-electron chi connectivity index (χ1n) is 4.51. The van der Waals surface area contributed by atoms with Gasteiger partial charge in [0.1, 0.15) is 5.75 Å². The third-order valence-corrected chi connectivity index (χ3v) is 2.92. The summed E-state index contributed by atoms with van der Waals surface area (Å²) in [5, 5.41) is 4.01. The van der Waals surface area contributed by atoms with Crippen LogP contribution in [0.15, 0.2) is 35.0 Å². The fourth-order valence-electron chi connectivity index (χ4n) is 1.51. The van der Waals surface area contributed by atoms with Crippen LogP contribution in [-0.4, -0.2) is 13.4 Å². The number of hydrogen-bond acceptors (Lipinski definition) is 3. The van der Waals surface area contributed by atoms with Gasteiger partial charge in [-0.15, -0.1) is 0 Å². The van der Waals surface area contributed by atoms with Gasteiger partial charge in [-0.1, -0.05) is 12.1 Å². The molecule has 0 aliphatic rings. The van der Waals surface area contributed by atoms with Crippen molar-refractivity contribution >= 4 is 17.6 Å². The highest BCUT2D eigenvalue weighted by Gasteiger charge is 2.09. The van der Waals surface area contributed by atoms with E-state index in [0.29, 0.717) is 11.3 Å². The fraction of sp³-hybridized carbons (Fsp3) is 0.0833. The van der Waals surface area contributed by atoms with Gasteiger partial charge in [-0.25, -0.2) is 0 Å². The summed E-state index contributed by atoms with van der Waals surface area (Å²) < 4.78 is 5.15. The van der Waals surface area contributed by atoms with Crippen LogP contribution in [0.5, 0.6) is 5.75 Å². The Labute approximate surface area is 92.1 Å². The molecule has 0 saturated heterocycles. The minimum atomic E-state index is 0.610. The van der Waals surface area contributed by atoms with Gasteiger partial charge in [0, 0.05) is 0 Å². The number of hydrogen-bond donors (Lipinski definition) is 0. The normalized spacial score (nSPS) is 9.93. The topological polar surface area (TPSA) is 26.3 Å². The average molecular weight is 218 g/mol. The van der Waals surface area contributed by atoms with E-state index in [-0.39, 0.29) is 0 Å². The minimum absolute atomic E-state index is 0.610. The molecular weight excluding hydrogens is 208 g/mol. The molecule has 0 aliphatic heterocycles. The van der Waals surface area contributed by atoms with Gasteiger partial charge in [0.15, 0.2) is 6.29 Å². The van der Waals surface area contributed by atoms with E-state index in [1.54, 1.807) is 24.5 Å². The first-order valence-corrected chi connectivity index (χ1v) is 5.46. The van der Waals surface area contributed by atoms with Gasteiger partial charge < -0.3 is 4.74 Å². The van der Waals surface area contributed by atoms with E-state index in [9.17, 15) is 4.79 Å². The Balaban J connectivity index is 2.61. The van der Waals surface area contributed by atoms with Crippen LogP contribution in [0.3, 0.4) is 0 Å². The molecule has 0 radical (unpaired) electrons. The molecule has 0 bridgehead atoms. The third kappa shape index (κ3) is 1.78. The van der Waals surface area contributed by atoms with Crippen LogP contribution in [-0.2, 0) is 0 Å². The van der Waals surface area contributed by atoms with Gasteiger partial charge in [-0.05, 0) is 34.0 Å². The summed E-state index contributed by atoms with van der Waals surface area (Å²) in [7, 11) is 1.57. The smallest absolute Gasteiger partial charge is 0.154 e. The van der Waals surface area contributed by atoms with Crippen LogP contribution < -0.4 is 4.74 Å². The maximum atomic E-state index is 11.0. The monoisotopic (exact) mass is 218 g/mol. The summed E-state index contributed by atoms with van der Waals surface area (Å²) in [4.78, 5) is 11.0. The zero-order valence-corrected chi connectivity index (χ0v) is 9.08. The fourth-order valence-corrected chi connectivity index (χ4v) is 2.17. The first-order chi connectivity index (χ1) is 7.36. The maximum Gasteiger partial charge on any atom is 0.154 e. The molecule has 0 aliphatic carbocycles. The molecule has 1 heterocycles. The summed E-state index contributed by atoms with van der Waals surface area (Å²) in [5.74, 6) is 0.619. The highest BCUT2D eigenvalue weighted by Crippen LogP contribution is 2.30. The molecule has 0 amide bonds. The van der Waals surface area contributed by atoms with Gasteiger partial charge in [-0.2, -0.15) is 11.3 Å². The zero-order valence-electron chi connectivity index (χ0n) is 8.27. The minimum Gasteiger partial charge on any atom is -0.496 e. The van der Waals surface area contributed by atoms with Crippen LogP contribution in [0.2, 0.25) is 0 Å². The first kappa shape index (κ1) is 9.93. The predicted molar refractivity (Wildman–Crippen MR) is 61.7 cm³/mol. The molecule has 0 saturated carbocycles. The molecule has 0 atom stereocenters. The van der Waals surface area contributed by atoms with E-state index in [2.05, 4.69) is 0 Å². The van der Waals surface area contributed by atoms with Crippen molar-refractivity contribution in [2.75, 3.05) is 7.11 Å². The molecule has 0 spiro atoms. The highest BCUT2D eigenvalue weighted by atomic mass is 32.1. The van der Waals surface area contributed by atoms with E-state index >= 15 is 0 Å². The standard InChI is InChI=1S/C12H10O2S/c1-14-12-4-2-3-10(11(12)7-13)9-5-6-15-8-9/h2-8H,1H3. The van der Waals surface area contributed by atoms with Crippen LogP contribution in [0.25, 0.3) is 11.1 Å². The molecular formula is C12H10O2S. The van der Waals surface area contributed by atoms with Gasteiger partial charge in [0.2, 0.25) is 0 Å². The Hall–Kier alpha value is -1.61. The van der Waals surface area contributed by atoms with Gasteiger partial charge in [0.05, 0.1) is 12.7 Å². The van der Waals surface area contributed by atoms with Crippen LogP contribution >= 0.6 is 11.3 Å². The van der Waals surface area contributed by atoms with E-state index in [1.807, 2.05) is 29.0 Å². The lowest BCUT2D eigenvalue weighted by molar-refractivity contribution is 0.112. The lowest BCUT2D eigenvalue weighted by Gasteiger charge is -2.07. The second kappa shape index (κ2) is 4.28. The molecule has 0 fully saturated rings. The van der Waals surface area contributed by atoms with Gasteiger partial charge in [-0.3, -0.25) is 4.79 Å². The summed E-state index contributed by atoms with van der Waals surface area (Å²) in [6.07, 6.45) is 0.839. The van der Waals surface area contributed by atoms with Crippen molar-refractivity contribution in [1.29, 1.82) is 0 Å². The second-order valence-corrected chi connectivity index (χ2v) is 3.83. The average Bonchev–Trinajstić information content (AvgIpc) is 2.81. The number of rotatable bonds is 3. The molecule has 0 N–H and O–H groups in total. The largest absolute Gasteiger partial charge is 0.496 e. The van der Waals surface area contributed by atoms with Crippen molar-refractivity contribution < 1.29 is 9.53 Å². The van der Waals surface area contributed by atoms with E-state index in [4.69, 9.17) is 4.74 Å². The number of methoxy groups -OCH3 is 1. The molecule has 76 valence electrons. The van der Waals surface area contributed by atoms with E-state index < -0.39 is 0 Å². The Morgan fingerprint density at radius 1 is 1.33 bits per heavy atom. The van der Waals surface area contributed by atoms with Crippen molar-refractivity contribution in [3.05, 3.63) is 40.6 Å². The number of carbonyl (C=O) groups is 1. The maximum absolute atomic E-state index is 11.0. The van der Waals surface area contributed by atoms with Gasteiger partial charge >= 0.3 is 0 Å². The molecule has 15 heavy (non-hydrogen) atoms. The van der Waals surface area contributed by atoms with Crippen LogP contribution in [0.4, 0.5) is 0 Å². The molecule has 3 heteroatoms. The van der Waals surface area contributed by atoms with Crippen LogP contribution in [0, 0.1) is 0 Å². The summed E-state index contributed by atoms with van der Waals surface area (Å²) in [5.41, 5.74) is 2.59. The second-order valence-electron chi connectivity index (χ2n) is 3.05. The van der Waals surface area contributed by atoms with Crippen molar-refractivity contribution in [3.63, 3.8) is 0 Å². The highest BCUT2D eigenvalue weighted by molar-refractivity contribution is 7.08. The number of thiophene rings is 1. The van der Waals surface area contributed by atoms with Crippen LogP contribution in [0.1, 0.15) is 10.4 Å². The lowest BCUT2D eigenvalue weighted by Crippen LogP contribution is -1.92. The molecule has 2 rings (SSSR count). The van der Waals surface area contributed by atoms with Crippen molar-refractivity contribution in [1.82, 2.24) is 0 Å². The predicted octanol–water partition coefficient (Wildman–Crippen LogP) is 3.24. The third-order valence-electron chi connectivity index (χ3n) is 2.24. The van der Waals surface area contributed by atoms with Crippen molar-refractivity contribution in [2.24, 2.45) is 0 Å². The molecule has 2 aromatic rings. The van der Waals surface area contributed by atoms with E-state index in [1.165, 1.54) is 0 Å². The number of benzene rings is 1. The Kier molecular flexibility index (Phi) is 2.83. The van der Waals surface area contributed by atoms with Gasteiger partial charge in [0.25, 0.3) is 0 Å². The Morgan fingerprint density at radius 3 is 2.80 bits per heavy atom. The van der Waals surface area contributed by atoms with E-state index in [0.717, 1.165) is 17.4 Å². The molecule has 2 nitrogen and oxygen atoms in total. The summed E-state index contributed by atoms with van der Waals surface area (Å²) in [6, 6.07) is 7.60. The summed E-state index contributed by atoms with van der Waals surface area (Å²) >= 11 is 1.61. The number of carbonyl (C=O) groups excluding carboxylic acids is 1. The molecule has 0 unspecified atom stereocenters.